The summed E-state index contributed by atoms with van der Waals surface area (Å²) in [6, 6.07) is 7.60. The first kappa shape index (κ1) is 10.3. The summed E-state index contributed by atoms with van der Waals surface area (Å²) < 4.78 is 2.78. The van der Waals surface area contributed by atoms with Gasteiger partial charge in [0, 0.05) is 29.8 Å². The molecular formula is C12H9BrN4. The van der Waals surface area contributed by atoms with Crippen LogP contribution in [0, 0.1) is 0 Å². The zero-order valence-corrected chi connectivity index (χ0v) is 10.4. The van der Waals surface area contributed by atoms with Crippen LogP contribution in [0.1, 0.15) is 0 Å². The lowest BCUT2D eigenvalue weighted by atomic mass is 10.2. The predicted molar refractivity (Wildman–Crippen MR) is 70.5 cm³/mol. The molecule has 3 aromatic heterocycles. The summed E-state index contributed by atoms with van der Waals surface area (Å²) in [6.45, 7) is 0. The fourth-order valence-corrected chi connectivity index (χ4v) is 2.24. The molecule has 0 saturated carbocycles. The van der Waals surface area contributed by atoms with Gasteiger partial charge in [0.1, 0.15) is 10.4 Å². The number of imidazole rings is 1. The lowest BCUT2D eigenvalue weighted by Crippen LogP contribution is -1.91. The highest BCUT2D eigenvalue weighted by Crippen LogP contribution is 2.26. The van der Waals surface area contributed by atoms with E-state index in [9.17, 15) is 0 Å². The highest BCUT2D eigenvalue weighted by molar-refractivity contribution is 9.10. The number of nitrogens with zero attached hydrogens (tertiary/aromatic N) is 3. The number of hydrogen-bond donors (Lipinski definition) is 1. The Labute approximate surface area is 106 Å². The molecule has 0 atom stereocenters. The first-order valence-corrected chi connectivity index (χ1v) is 5.88. The summed E-state index contributed by atoms with van der Waals surface area (Å²) in [5.74, 6) is 0.870. The van der Waals surface area contributed by atoms with E-state index in [-0.39, 0.29) is 0 Å². The largest absolute Gasteiger partial charge is 0.399 e. The van der Waals surface area contributed by atoms with Gasteiger partial charge in [0.2, 0.25) is 0 Å². The molecule has 3 aromatic rings. The number of nitrogen functional groups attached to an aromatic ring is 1. The van der Waals surface area contributed by atoms with Crippen molar-refractivity contribution in [2.24, 2.45) is 0 Å². The quantitative estimate of drug-likeness (QED) is 0.749. The minimum Gasteiger partial charge on any atom is -0.399 e. The lowest BCUT2D eigenvalue weighted by molar-refractivity contribution is 1.16. The Kier molecular flexibility index (Phi) is 2.33. The second-order valence-corrected chi connectivity index (χ2v) is 4.43. The van der Waals surface area contributed by atoms with Crippen molar-refractivity contribution >= 4 is 27.1 Å². The van der Waals surface area contributed by atoms with Gasteiger partial charge in [-0.2, -0.15) is 0 Å². The highest BCUT2D eigenvalue weighted by Gasteiger charge is 2.10. The number of pyridine rings is 2. The Hall–Kier alpha value is -1.88. The number of fused-ring (bicyclic) bond motifs is 1. The van der Waals surface area contributed by atoms with Crippen LogP contribution in [0.4, 0.5) is 5.69 Å². The maximum absolute atomic E-state index is 5.77. The maximum Gasteiger partial charge on any atom is 0.146 e. The zero-order chi connectivity index (χ0) is 11.8. The molecule has 0 aliphatic heterocycles. The molecule has 3 rings (SSSR count). The monoisotopic (exact) mass is 288 g/mol. The number of halogens is 1. The fourth-order valence-electron chi connectivity index (χ4n) is 1.77. The third-order valence-electron chi connectivity index (χ3n) is 2.56. The smallest absolute Gasteiger partial charge is 0.146 e. The van der Waals surface area contributed by atoms with E-state index in [2.05, 4.69) is 25.9 Å². The molecule has 0 bridgehead atoms. The van der Waals surface area contributed by atoms with Gasteiger partial charge in [-0.3, -0.25) is 9.38 Å². The zero-order valence-electron chi connectivity index (χ0n) is 8.84. The maximum atomic E-state index is 5.77. The standard InChI is InChI=1S/C12H9BrN4/c13-11-10-7-9(14)3-6-17(10)12(16-11)8-1-4-15-5-2-8/h1-7H,14H2. The van der Waals surface area contributed by atoms with Crippen LogP contribution < -0.4 is 5.73 Å². The third-order valence-corrected chi connectivity index (χ3v) is 3.14. The summed E-state index contributed by atoms with van der Waals surface area (Å²) >= 11 is 3.45. The summed E-state index contributed by atoms with van der Waals surface area (Å²) in [7, 11) is 0. The van der Waals surface area contributed by atoms with E-state index in [1.54, 1.807) is 12.4 Å². The molecule has 0 saturated heterocycles. The van der Waals surface area contributed by atoms with Crippen LogP contribution in [0.2, 0.25) is 0 Å². The van der Waals surface area contributed by atoms with Crippen LogP contribution in [-0.4, -0.2) is 14.4 Å². The molecule has 0 aliphatic carbocycles. The van der Waals surface area contributed by atoms with Crippen molar-refractivity contribution in [2.75, 3.05) is 5.73 Å². The SMILES string of the molecule is Nc1ccn2c(-c3ccncc3)nc(Br)c2c1. The van der Waals surface area contributed by atoms with Gasteiger partial charge in [-0.15, -0.1) is 0 Å². The number of aromatic nitrogens is 3. The number of hydrogen-bond acceptors (Lipinski definition) is 3. The molecule has 5 heteroatoms. The molecule has 3 heterocycles. The fraction of sp³-hybridized carbons (Fsp3) is 0. The van der Waals surface area contributed by atoms with Crippen molar-refractivity contribution in [3.05, 3.63) is 47.5 Å². The molecule has 4 nitrogen and oxygen atoms in total. The Morgan fingerprint density at radius 2 is 1.94 bits per heavy atom. The van der Waals surface area contributed by atoms with Crippen molar-refractivity contribution in [2.45, 2.75) is 0 Å². The molecule has 0 aliphatic rings. The predicted octanol–water partition coefficient (Wildman–Crippen LogP) is 2.74. The first-order chi connectivity index (χ1) is 8.25. The van der Waals surface area contributed by atoms with E-state index in [1.807, 2.05) is 34.9 Å². The minimum absolute atomic E-state index is 0.722. The van der Waals surface area contributed by atoms with Crippen LogP contribution >= 0.6 is 15.9 Å². The molecule has 0 amide bonds. The minimum atomic E-state index is 0.722. The molecule has 84 valence electrons. The number of nitrogens with two attached hydrogens (primary N) is 1. The van der Waals surface area contributed by atoms with Gasteiger partial charge >= 0.3 is 0 Å². The topological polar surface area (TPSA) is 56.2 Å². The summed E-state index contributed by atoms with van der Waals surface area (Å²) in [5.41, 5.74) is 8.46. The van der Waals surface area contributed by atoms with Crippen molar-refractivity contribution in [3.63, 3.8) is 0 Å². The summed E-state index contributed by atoms with van der Waals surface area (Å²) in [6.07, 6.45) is 5.42. The van der Waals surface area contributed by atoms with Crippen molar-refractivity contribution in [1.82, 2.24) is 14.4 Å². The van der Waals surface area contributed by atoms with Crippen molar-refractivity contribution in [3.8, 4) is 11.4 Å². The number of rotatable bonds is 1. The highest BCUT2D eigenvalue weighted by atomic mass is 79.9. The van der Waals surface area contributed by atoms with E-state index in [0.717, 1.165) is 27.2 Å². The molecule has 0 unspecified atom stereocenters. The average Bonchev–Trinajstić information content (AvgIpc) is 2.68. The van der Waals surface area contributed by atoms with E-state index in [0.29, 0.717) is 0 Å². The summed E-state index contributed by atoms with van der Waals surface area (Å²) in [4.78, 5) is 8.50. The van der Waals surface area contributed by atoms with Gasteiger partial charge in [-0.1, -0.05) is 0 Å². The van der Waals surface area contributed by atoms with Crippen LogP contribution in [-0.2, 0) is 0 Å². The normalized spacial score (nSPS) is 10.9. The molecule has 0 fully saturated rings. The van der Waals surface area contributed by atoms with Gasteiger partial charge < -0.3 is 5.73 Å². The van der Waals surface area contributed by atoms with E-state index >= 15 is 0 Å². The van der Waals surface area contributed by atoms with Gasteiger partial charge in [-0.05, 0) is 40.2 Å². The van der Waals surface area contributed by atoms with Crippen molar-refractivity contribution in [1.29, 1.82) is 0 Å². The Balaban J connectivity index is 2.32. The van der Waals surface area contributed by atoms with Crippen LogP contribution in [0.5, 0.6) is 0 Å². The third kappa shape index (κ3) is 1.68. The Morgan fingerprint density at radius 1 is 1.18 bits per heavy atom. The molecular weight excluding hydrogens is 280 g/mol. The van der Waals surface area contributed by atoms with E-state index < -0.39 is 0 Å². The molecule has 0 aromatic carbocycles. The molecule has 2 N–H and O–H groups in total. The van der Waals surface area contributed by atoms with Gasteiger partial charge in [-0.25, -0.2) is 4.98 Å². The summed E-state index contributed by atoms with van der Waals surface area (Å²) in [5, 5.41) is 0. The van der Waals surface area contributed by atoms with Gasteiger partial charge in [0.25, 0.3) is 0 Å². The van der Waals surface area contributed by atoms with Crippen LogP contribution in [0.3, 0.4) is 0 Å². The van der Waals surface area contributed by atoms with Crippen LogP contribution in [0.15, 0.2) is 47.5 Å². The molecule has 0 spiro atoms. The van der Waals surface area contributed by atoms with Gasteiger partial charge in [0.15, 0.2) is 0 Å². The Bertz CT molecular complexity index is 676. The van der Waals surface area contributed by atoms with Gasteiger partial charge in [0.05, 0.1) is 5.52 Å². The van der Waals surface area contributed by atoms with E-state index in [1.165, 1.54) is 0 Å². The number of anilines is 1. The average molecular weight is 289 g/mol. The molecule has 17 heavy (non-hydrogen) atoms. The van der Waals surface area contributed by atoms with E-state index in [4.69, 9.17) is 5.73 Å². The second kappa shape index (κ2) is 3.85. The second-order valence-electron chi connectivity index (χ2n) is 3.68. The lowest BCUT2D eigenvalue weighted by Gasteiger charge is -2.01. The Morgan fingerprint density at radius 3 is 2.71 bits per heavy atom. The first-order valence-electron chi connectivity index (χ1n) is 5.09. The van der Waals surface area contributed by atoms with Crippen molar-refractivity contribution < 1.29 is 0 Å². The molecule has 0 radical (unpaired) electrons. The van der Waals surface area contributed by atoms with Crippen LogP contribution in [0.25, 0.3) is 16.9 Å².